The van der Waals surface area contributed by atoms with Gasteiger partial charge >= 0.3 is 23.9 Å². The molecule has 10 heteroatoms. The third-order valence-electron chi connectivity index (χ3n) is 8.49. The normalized spacial score (nSPS) is 36.0. The summed E-state index contributed by atoms with van der Waals surface area (Å²) >= 11 is 0. The summed E-state index contributed by atoms with van der Waals surface area (Å²) in [7, 11) is 0. The van der Waals surface area contributed by atoms with Gasteiger partial charge in [-0.05, 0) is 81.2 Å². The quantitative estimate of drug-likeness (QED) is 0.161. The molecule has 1 N–H and O–H groups in total. The molecule has 2 heterocycles. The van der Waals surface area contributed by atoms with Crippen molar-refractivity contribution in [3.8, 4) is 0 Å². The van der Waals surface area contributed by atoms with E-state index >= 15 is 0 Å². The van der Waals surface area contributed by atoms with Crippen LogP contribution in [-0.2, 0) is 42.9 Å². The Balaban J connectivity index is 2.01. The van der Waals surface area contributed by atoms with E-state index in [9.17, 15) is 24.3 Å². The molecule has 0 aromatic rings. The molecule has 0 aromatic carbocycles. The second-order valence-electron chi connectivity index (χ2n) is 11.6. The molecule has 0 spiro atoms. The Bertz CT molecular complexity index is 1150. The minimum Gasteiger partial charge on any atom is -0.459 e. The van der Waals surface area contributed by atoms with E-state index in [0.29, 0.717) is 24.0 Å². The number of hydrogen-bond donors (Lipinski definition) is 1. The van der Waals surface area contributed by atoms with Crippen LogP contribution >= 0.6 is 0 Å². The van der Waals surface area contributed by atoms with Gasteiger partial charge in [-0.25, -0.2) is 19.2 Å². The van der Waals surface area contributed by atoms with Crippen LogP contribution in [0, 0.1) is 5.92 Å². The summed E-state index contributed by atoms with van der Waals surface area (Å²) in [5, 5.41) is 11.1. The maximum absolute atomic E-state index is 13.5. The van der Waals surface area contributed by atoms with Crippen LogP contribution in [0.2, 0.25) is 0 Å². The monoisotopic (exact) mass is 562 g/mol. The Kier molecular flexibility index (Phi) is 9.06. The third kappa shape index (κ3) is 6.17. The lowest BCUT2D eigenvalue weighted by atomic mass is 9.77. The molecule has 0 amide bonds. The van der Waals surface area contributed by atoms with Crippen molar-refractivity contribution in [2.75, 3.05) is 0 Å². The van der Waals surface area contributed by atoms with Crippen LogP contribution in [0.5, 0.6) is 0 Å². The Morgan fingerprint density at radius 1 is 1.15 bits per heavy atom. The molecule has 40 heavy (non-hydrogen) atoms. The van der Waals surface area contributed by atoms with Crippen LogP contribution in [0.25, 0.3) is 0 Å². The first-order valence-corrected chi connectivity index (χ1v) is 13.7. The molecule has 3 rings (SSSR count). The van der Waals surface area contributed by atoms with Gasteiger partial charge in [0.2, 0.25) is 5.60 Å². The van der Waals surface area contributed by atoms with Gasteiger partial charge < -0.3 is 28.8 Å². The van der Waals surface area contributed by atoms with Crippen molar-refractivity contribution in [2.24, 2.45) is 5.92 Å². The SMILES string of the molecule is C/C=C(/C)C(=O)O[C@@H](C)[C@](C)(O)C(=O)O[C@@H]1/C=C(/C)CC[C@H]2O[C@@]2(C)C[C@H]2OC(=O)[C@](C)(OC(=O)/C(C)=C\C)[C@H]12. The van der Waals surface area contributed by atoms with Crippen LogP contribution in [0.15, 0.2) is 34.9 Å². The zero-order valence-electron chi connectivity index (χ0n) is 24.9. The average molecular weight is 563 g/mol. The summed E-state index contributed by atoms with van der Waals surface area (Å²) in [6.45, 7) is 14.3. The van der Waals surface area contributed by atoms with Gasteiger partial charge in [-0.15, -0.1) is 0 Å². The summed E-state index contributed by atoms with van der Waals surface area (Å²) in [6.07, 6.45) is 3.27. The first kappa shape index (κ1) is 31.5. The number of esters is 4. The minimum atomic E-state index is -2.23. The fraction of sp³-hybridized carbons (Fsp3) is 0.667. The fourth-order valence-electron chi connectivity index (χ4n) is 5.08. The fourth-order valence-corrected chi connectivity index (χ4v) is 5.08. The molecule has 3 aliphatic rings. The number of allylic oxidation sites excluding steroid dienone is 3. The van der Waals surface area contributed by atoms with Crippen LogP contribution < -0.4 is 0 Å². The minimum absolute atomic E-state index is 0.0223. The molecule has 2 aliphatic heterocycles. The molecule has 1 aliphatic carbocycles. The summed E-state index contributed by atoms with van der Waals surface area (Å²) in [5.41, 5.74) is -3.12. The molecule has 0 aromatic heterocycles. The average Bonchev–Trinajstić information content (AvgIpc) is 3.46. The third-order valence-corrected chi connectivity index (χ3v) is 8.49. The maximum atomic E-state index is 13.5. The van der Waals surface area contributed by atoms with Crippen LogP contribution in [-0.4, -0.2) is 70.2 Å². The van der Waals surface area contributed by atoms with E-state index < -0.39 is 64.9 Å². The van der Waals surface area contributed by atoms with Gasteiger partial charge in [0.15, 0.2) is 5.60 Å². The zero-order valence-corrected chi connectivity index (χ0v) is 24.9. The first-order valence-electron chi connectivity index (χ1n) is 13.7. The standard InChI is InChI=1S/C30H42O10/c1-10-17(4)24(31)36-19(6)29(8,35)26(33)37-20-14-16(3)12-13-22-28(7,39-22)15-21-23(20)30(9,27(34)38-21)40-25(32)18(5)11-2/h10-11,14,19-23,35H,12-13,15H2,1-9H3/b16-14-,17-10-,18-11-/t19-,20+,21+,22+,23+,28-,29-,30+/m0/s1. The lowest BCUT2D eigenvalue weighted by Gasteiger charge is -2.36. The number of aliphatic hydroxyl groups is 1. The summed E-state index contributed by atoms with van der Waals surface area (Å²) < 4.78 is 28.7. The first-order chi connectivity index (χ1) is 18.5. The Hall–Kier alpha value is -2.98. The van der Waals surface area contributed by atoms with Gasteiger partial charge in [0.05, 0.1) is 17.6 Å². The van der Waals surface area contributed by atoms with E-state index in [2.05, 4.69) is 0 Å². The highest BCUT2D eigenvalue weighted by atomic mass is 16.6. The van der Waals surface area contributed by atoms with E-state index in [1.165, 1.54) is 20.8 Å². The Morgan fingerprint density at radius 2 is 1.75 bits per heavy atom. The van der Waals surface area contributed by atoms with E-state index in [-0.39, 0.29) is 6.10 Å². The molecule has 0 saturated carbocycles. The lowest BCUT2D eigenvalue weighted by molar-refractivity contribution is -0.190. The summed E-state index contributed by atoms with van der Waals surface area (Å²) in [4.78, 5) is 51.9. The number of ether oxygens (including phenoxy) is 5. The van der Waals surface area contributed by atoms with Crippen LogP contribution in [0.3, 0.4) is 0 Å². The van der Waals surface area contributed by atoms with Crippen molar-refractivity contribution < 1.29 is 48.0 Å². The molecule has 2 saturated heterocycles. The molecule has 2 fully saturated rings. The van der Waals surface area contributed by atoms with Gasteiger partial charge in [-0.2, -0.15) is 0 Å². The topological polar surface area (TPSA) is 138 Å². The molecule has 222 valence electrons. The summed E-state index contributed by atoms with van der Waals surface area (Å²) in [6, 6.07) is 0. The largest absolute Gasteiger partial charge is 0.459 e. The predicted molar refractivity (Wildman–Crippen MR) is 144 cm³/mol. The highest BCUT2D eigenvalue weighted by Crippen LogP contribution is 2.50. The molecular formula is C30H42O10. The van der Waals surface area contributed by atoms with Crippen LogP contribution in [0.4, 0.5) is 0 Å². The molecule has 0 radical (unpaired) electrons. The van der Waals surface area contributed by atoms with Crippen LogP contribution in [0.1, 0.15) is 81.6 Å². The highest BCUT2D eigenvalue weighted by Gasteiger charge is 2.65. The Labute approximate surface area is 235 Å². The number of rotatable bonds is 7. The second kappa shape index (κ2) is 11.5. The number of carbonyl (C=O) groups is 4. The Morgan fingerprint density at radius 3 is 2.35 bits per heavy atom. The highest BCUT2D eigenvalue weighted by molar-refractivity contribution is 5.92. The number of epoxide rings is 1. The van der Waals surface area contributed by atoms with Gasteiger partial charge in [0.1, 0.15) is 18.3 Å². The smallest absolute Gasteiger partial charge is 0.351 e. The van der Waals surface area contributed by atoms with E-state index in [1.54, 1.807) is 45.9 Å². The molecule has 0 unspecified atom stereocenters. The van der Waals surface area contributed by atoms with Gasteiger partial charge in [-0.3, -0.25) is 0 Å². The molecule has 0 bridgehead atoms. The zero-order chi connectivity index (χ0) is 30.2. The van der Waals surface area contributed by atoms with Crippen molar-refractivity contribution in [1.29, 1.82) is 0 Å². The molecule has 8 atom stereocenters. The van der Waals surface area contributed by atoms with Gasteiger partial charge in [0.25, 0.3) is 0 Å². The van der Waals surface area contributed by atoms with E-state index in [0.717, 1.165) is 12.0 Å². The summed E-state index contributed by atoms with van der Waals surface area (Å²) in [5.74, 6) is -4.17. The maximum Gasteiger partial charge on any atom is 0.351 e. The number of fused-ring (bicyclic) bond motifs is 2. The van der Waals surface area contributed by atoms with Crippen molar-refractivity contribution in [3.05, 3.63) is 34.9 Å². The second-order valence-corrected chi connectivity index (χ2v) is 11.6. The predicted octanol–water partition coefficient (Wildman–Crippen LogP) is 3.64. The van der Waals surface area contributed by atoms with E-state index in [1.807, 2.05) is 13.8 Å². The molecule has 10 nitrogen and oxygen atoms in total. The van der Waals surface area contributed by atoms with Crippen molar-refractivity contribution >= 4 is 23.9 Å². The number of hydrogen-bond acceptors (Lipinski definition) is 10. The van der Waals surface area contributed by atoms with Crippen molar-refractivity contribution in [2.45, 2.75) is 123 Å². The van der Waals surface area contributed by atoms with Crippen molar-refractivity contribution in [1.82, 2.24) is 0 Å². The van der Waals surface area contributed by atoms with Gasteiger partial charge in [-0.1, -0.05) is 17.7 Å². The van der Waals surface area contributed by atoms with Crippen molar-refractivity contribution in [3.63, 3.8) is 0 Å². The lowest BCUT2D eigenvalue weighted by Crippen LogP contribution is -2.54. The molecular weight excluding hydrogens is 520 g/mol. The number of carbonyl (C=O) groups excluding carboxylic acids is 4. The van der Waals surface area contributed by atoms with E-state index in [4.69, 9.17) is 23.7 Å². The van der Waals surface area contributed by atoms with Gasteiger partial charge in [0, 0.05) is 17.6 Å².